The number of ketones is 1. The lowest BCUT2D eigenvalue weighted by Crippen LogP contribution is -2.54. The van der Waals surface area contributed by atoms with Crippen molar-refractivity contribution in [3.05, 3.63) is 64.7 Å². The summed E-state index contributed by atoms with van der Waals surface area (Å²) in [5.41, 5.74) is 0.119. The summed E-state index contributed by atoms with van der Waals surface area (Å²) in [6, 6.07) is 8.39. The Balaban J connectivity index is 1.80. The summed E-state index contributed by atoms with van der Waals surface area (Å²) >= 11 is 6.08. The highest BCUT2D eigenvalue weighted by atomic mass is 35.5. The maximum atomic E-state index is 13.2. The highest BCUT2D eigenvalue weighted by molar-refractivity contribution is 6.30. The van der Waals surface area contributed by atoms with Crippen molar-refractivity contribution in [2.24, 2.45) is 5.92 Å². The molecule has 3 N–H and O–H groups in total. The molecule has 3 amide bonds. The summed E-state index contributed by atoms with van der Waals surface area (Å²) in [5, 5.41) is 7.77. The molecule has 2 aromatic rings. The molecule has 0 spiro atoms. The van der Waals surface area contributed by atoms with Crippen LogP contribution in [0.2, 0.25) is 5.02 Å². The number of nitrogens with one attached hydrogen (secondary N) is 3. The summed E-state index contributed by atoms with van der Waals surface area (Å²) in [7, 11) is 1.43. The van der Waals surface area contributed by atoms with Crippen LogP contribution in [0, 0.1) is 5.92 Å². The Kier molecular flexibility index (Phi) is 9.50. The third-order valence-electron chi connectivity index (χ3n) is 6.83. The van der Waals surface area contributed by atoms with E-state index in [-0.39, 0.29) is 5.56 Å². The summed E-state index contributed by atoms with van der Waals surface area (Å²) in [6.45, 7) is 4.15. The fraction of sp³-hybridized carbons (Fsp3) is 0.429. The number of hydrogen-bond donors (Lipinski definition) is 3. The second kappa shape index (κ2) is 12.3. The van der Waals surface area contributed by atoms with Gasteiger partial charge in [-0.15, -0.1) is 0 Å². The first-order valence-corrected chi connectivity index (χ1v) is 13.0. The maximum absolute atomic E-state index is 13.2. The van der Waals surface area contributed by atoms with Crippen LogP contribution in [-0.4, -0.2) is 48.9 Å². The fourth-order valence-electron chi connectivity index (χ4n) is 4.27. The number of alkyl halides is 3. The van der Waals surface area contributed by atoms with Crippen LogP contribution in [0.3, 0.4) is 0 Å². The molecule has 0 saturated heterocycles. The minimum Gasteiger partial charge on any atom is -0.497 e. The van der Waals surface area contributed by atoms with Crippen LogP contribution in [0.25, 0.3) is 0 Å². The molecule has 1 aliphatic carbocycles. The molecule has 3 rings (SSSR count). The van der Waals surface area contributed by atoms with Gasteiger partial charge < -0.3 is 20.7 Å². The van der Waals surface area contributed by atoms with E-state index in [0.717, 1.165) is 5.56 Å². The minimum atomic E-state index is -5.17. The predicted molar refractivity (Wildman–Crippen MR) is 142 cm³/mol. The van der Waals surface area contributed by atoms with Gasteiger partial charge in [0.1, 0.15) is 17.8 Å². The van der Waals surface area contributed by atoms with E-state index >= 15 is 0 Å². The Morgan fingerprint density at radius 1 is 0.925 bits per heavy atom. The van der Waals surface area contributed by atoms with E-state index < -0.39 is 59.1 Å². The van der Waals surface area contributed by atoms with Gasteiger partial charge in [-0.3, -0.25) is 19.2 Å². The van der Waals surface area contributed by atoms with E-state index in [9.17, 15) is 32.3 Å². The van der Waals surface area contributed by atoms with Crippen molar-refractivity contribution in [1.29, 1.82) is 0 Å². The van der Waals surface area contributed by atoms with Crippen molar-refractivity contribution in [3.63, 3.8) is 0 Å². The minimum absolute atomic E-state index is 0.227. The second-order valence-electron chi connectivity index (χ2n) is 10.1. The van der Waals surface area contributed by atoms with Gasteiger partial charge in [-0.25, -0.2) is 0 Å². The van der Waals surface area contributed by atoms with Gasteiger partial charge >= 0.3 is 6.18 Å². The van der Waals surface area contributed by atoms with E-state index in [0.29, 0.717) is 23.6 Å². The van der Waals surface area contributed by atoms with Gasteiger partial charge in [0.05, 0.1) is 18.6 Å². The van der Waals surface area contributed by atoms with E-state index in [4.69, 9.17) is 16.3 Å². The molecule has 0 bridgehead atoms. The Morgan fingerprint density at radius 3 is 2.05 bits per heavy atom. The number of hydrogen-bond acceptors (Lipinski definition) is 5. The van der Waals surface area contributed by atoms with Crippen molar-refractivity contribution < 1.29 is 37.1 Å². The standard InChI is InChI=1S/C28H31ClF3N3O5/c1-15(2)21(23(36)28(30,31)32)34-25(38)22(17-8-10-20(40-4)11-9-17)35-24(37)16(3)33-26(39)27(12-13-27)18-6-5-7-19(29)14-18/h5-11,14-16,21-22H,12-13H2,1-4H3,(H,33,39)(H,34,38)(H,35,37)/t16-,21-,22-/m0/s1. The van der Waals surface area contributed by atoms with Crippen molar-refractivity contribution >= 4 is 35.1 Å². The van der Waals surface area contributed by atoms with Crippen LogP contribution in [0.5, 0.6) is 5.75 Å². The molecule has 40 heavy (non-hydrogen) atoms. The Labute approximate surface area is 235 Å². The molecule has 216 valence electrons. The molecule has 0 aromatic heterocycles. The summed E-state index contributed by atoms with van der Waals surface area (Å²) in [5.74, 6) is -4.71. The molecule has 0 radical (unpaired) electrons. The number of methoxy groups -OCH3 is 1. The number of carbonyl (C=O) groups is 4. The number of benzene rings is 2. The van der Waals surface area contributed by atoms with Crippen molar-refractivity contribution in [2.75, 3.05) is 7.11 Å². The van der Waals surface area contributed by atoms with Crippen LogP contribution >= 0.6 is 11.6 Å². The zero-order valence-electron chi connectivity index (χ0n) is 22.4. The lowest BCUT2D eigenvalue weighted by Gasteiger charge is -2.27. The average Bonchev–Trinajstić information content (AvgIpc) is 3.71. The summed E-state index contributed by atoms with van der Waals surface area (Å²) < 4.78 is 44.6. The average molecular weight is 582 g/mol. The lowest BCUT2D eigenvalue weighted by atomic mass is 9.94. The maximum Gasteiger partial charge on any atom is 0.452 e. The number of amides is 3. The Morgan fingerprint density at radius 2 is 1.55 bits per heavy atom. The van der Waals surface area contributed by atoms with E-state index in [2.05, 4.69) is 16.0 Å². The summed E-state index contributed by atoms with van der Waals surface area (Å²) in [4.78, 5) is 51.5. The first kappa shape index (κ1) is 30.9. The van der Waals surface area contributed by atoms with Crippen LogP contribution in [0.15, 0.2) is 48.5 Å². The van der Waals surface area contributed by atoms with Crippen molar-refractivity contribution in [2.45, 2.75) is 63.3 Å². The Hall–Kier alpha value is -3.60. The molecule has 8 nitrogen and oxygen atoms in total. The van der Waals surface area contributed by atoms with E-state index in [1.807, 2.05) is 0 Å². The number of rotatable bonds is 11. The lowest BCUT2D eigenvalue weighted by molar-refractivity contribution is -0.175. The molecule has 0 heterocycles. The first-order valence-electron chi connectivity index (χ1n) is 12.6. The molecule has 0 unspecified atom stereocenters. The van der Waals surface area contributed by atoms with Crippen LogP contribution in [-0.2, 0) is 24.6 Å². The molecule has 1 aliphatic rings. The molecule has 3 atom stereocenters. The highest BCUT2D eigenvalue weighted by Gasteiger charge is 2.52. The van der Waals surface area contributed by atoms with E-state index in [1.54, 1.807) is 24.3 Å². The molecule has 2 aromatic carbocycles. The quantitative estimate of drug-likeness (QED) is 0.371. The number of ether oxygens (including phenoxy) is 1. The molecule has 1 fully saturated rings. The predicted octanol–water partition coefficient (Wildman–Crippen LogP) is 4.01. The second-order valence-corrected chi connectivity index (χ2v) is 10.5. The summed E-state index contributed by atoms with van der Waals surface area (Å²) in [6.07, 6.45) is -4.04. The van der Waals surface area contributed by atoms with Crippen LogP contribution in [0.1, 0.15) is 50.8 Å². The van der Waals surface area contributed by atoms with Gasteiger partial charge in [0, 0.05) is 5.02 Å². The molecule has 1 saturated carbocycles. The number of halogens is 4. The third-order valence-corrected chi connectivity index (χ3v) is 7.06. The monoisotopic (exact) mass is 581 g/mol. The molecular formula is C28H31ClF3N3O5. The zero-order chi connectivity index (χ0) is 29.8. The SMILES string of the molecule is COc1ccc([C@H](NC(=O)[C@H](C)NC(=O)C2(c3cccc(Cl)c3)CC2)C(=O)N[C@H](C(=O)C(F)(F)F)C(C)C)cc1. The van der Waals surface area contributed by atoms with Gasteiger partial charge in [0.2, 0.25) is 17.7 Å². The normalized spacial score (nSPS) is 16.3. The smallest absolute Gasteiger partial charge is 0.452 e. The van der Waals surface area contributed by atoms with E-state index in [1.165, 1.54) is 52.1 Å². The van der Waals surface area contributed by atoms with Gasteiger partial charge in [-0.1, -0.05) is 49.7 Å². The van der Waals surface area contributed by atoms with Crippen LogP contribution in [0.4, 0.5) is 13.2 Å². The molecule has 0 aliphatic heterocycles. The Bertz CT molecular complexity index is 1260. The first-order chi connectivity index (χ1) is 18.7. The molecular weight excluding hydrogens is 551 g/mol. The van der Waals surface area contributed by atoms with Crippen molar-refractivity contribution in [3.8, 4) is 5.75 Å². The number of Topliss-reactive ketones (excluding diaryl/α,β-unsaturated/α-hetero) is 1. The largest absolute Gasteiger partial charge is 0.497 e. The number of carbonyl (C=O) groups excluding carboxylic acids is 4. The molecule has 12 heteroatoms. The zero-order valence-corrected chi connectivity index (χ0v) is 23.2. The van der Waals surface area contributed by atoms with Crippen LogP contribution < -0.4 is 20.7 Å². The van der Waals surface area contributed by atoms with Gasteiger partial charge in [0.25, 0.3) is 5.78 Å². The fourth-order valence-corrected chi connectivity index (χ4v) is 4.46. The van der Waals surface area contributed by atoms with Gasteiger partial charge in [-0.2, -0.15) is 13.2 Å². The van der Waals surface area contributed by atoms with Gasteiger partial charge in [-0.05, 0) is 61.1 Å². The third kappa shape index (κ3) is 7.12. The van der Waals surface area contributed by atoms with Crippen molar-refractivity contribution in [1.82, 2.24) is 16.0 Å². The highest BCUT2D eigenvalue weighted by Crippen LogP contribution is 2.49. The van der Waals surface area contributed by atoms with Gasteiger partial charge in [0.15, 0.2) is 0 Å². The topological polar surface area (TPSA) is 114 Å².